The Morgan fingerprint density at radius 3 is 2.55 bits per heavy atom. The van der Waals surface area contributed by atoms with Gasteiger partial charge >= 0.3 is 0 Å². The molecule has 1 rings (SSSR count). The first-order valence-corrected chi connectivity index (χ1v) is 6.68. The monoisotopic (exact) mass is 284 g/mol. The van der Waals surface area contributed by atoms with Crippen molar-refractivity contribution in [3.63, 3.8) is 0 Å². The number of hydrogen-bond acceptors (Lipinski definition) is 2. The average Bonchev–Trinajstić information content (AvgIpc) is 2.33. The number of halogens is 2. The van der Waals surface area contributed by atoms with E-state index in [1.54, 1.807) is 0 Å². The number of rotatable bonds is 5. The van der Waals surface area contributed by atoms with Crippen LogP contribution in [0.25, 0.3) is 0 Å². The van der Waals surface area contributed by atoms with E-state index in [1.807, 2.05) is 20.8 Å². The van der Waals surface area contributed by atoms with E-state index in [-0.39, 0.29) is 29.3 Å². The molecule has 0 spiro atoms. The normalized spacial score (nSPS) is 13.1. The van der Waals surface area contributed by atoms with Crippen LogP contribution in [0.5, 0.6) is 0 Å². The Morgan fingerprint density at radius 1 is 1.35 bits per heavy atom. The van der Waals surface area contributed by atoms with Gasteiger partial charge in [-0.3, -0.25) is 4.79 Å². The fourth-order valence-corrected chi connectivity index (χ4v) is 1.99. The molecule has 0 heterocycles. The maximum Gasteiger partial charge on any atom is 0.224 e. The number of hydrogen-bond donors (Lipinski definition) is 2. The van der Waals surface area contributed by atoms with Crippen molar-refractivity contribution in [1.82, 2.24) is 5.32 Å². The molecule has 1 amide bonds. The first kappa shape index (κ1) is 16.6. The summed E-state index contributed by atoms with van der Waals surface area (Å²) >= 11 is 0. The van der Waals surface area contributed by atoms with Crippen LogP contribution in [0, 0.1) is 17.0 Å². The lowest BCUT2D eigenvalue weighted by Crippen LogP contribution is -2.45. The fraction of sp³-hybridized carbons (Fsp3) is 0.533. The molecule has 1 aromatic carbocycles. The number of carbonyl (C=O) groups is 1. The lowest BCUT2D eigenvalue weighted by atomic mass is 9.84. The molecule has 0 aliphatic rings. The molecule has 3 N–H and O–H groups in total. The van der Waals surface area contributed by atoms with Gasteiger partial charge in [-0.05, 0) is 24.4 Å². The Balaban J connectivity index is 2.73. The summed E-state index contributed by atoms with van der Waals surface area (Å²) in [5.74, 6) is -2.23. The molecule has 3 nitrogen and oxygen atoms in total. The van der Waals surface area contributed by atoms with Crippen LogP contribution in [0.2, 0.25) is 0 Å². The number of carbonyl (C=O) groups excluding carboxylic acids is 1. The minimum atomic E-state index is -0.964. The van der Waals surface area contributed by atoms with Gasteiger partial charge in [0.2, 0.25) is 5.91 Å². The second-order valence-corrected chi connectivity index (χ2v) is 5.95. The molecule has 112 valence electrons. The van der Waals surface area contributed by atoms with Crippen LogP contribution in [0.4, 0.5) is 8.78 Å². The maximum absolute atomic E-state index is 13.5. The zero-order valence-corrected chi connectivity index (χ0v) is 12.2. The minimum Gasteiger partial charge on any atom is -0.353 e. The average molecular weight is 284 g/mol. The summed E-state index contributed by atoms with van der Waals surface area (Å²) in [5.41, 5.74) is 5.45. The molecular weight excluding hydrogens is 262 g/mol. The summed E-state index contributed by atoms with van der Waals surface area (Å²) in [6.07, 6.45) is 0.460. The Kier molecular flexibility index (Phi) is 5.62. The van der Waals surface area contributed by atoms with Crippen molar-refractivity contribution in [2.75, 3.05) is 6.54 Å². The molecule has 0 aliphatic carbocycles. The lowest BCUT2D eigenvalue weighted by Gasteiger charge is -2.31. The third kappa shape index (κ3) is 4.56. The van der Waals surface area contributed by atoms with Crippen LogP contribution < -0.4 is 11.1 Å². The van der Waals surface area contributed by atoms with Gasteiger partial charge in [-0.2, -0.15) is 0 Å². The van der Waals surface area contributed by atoms with Crippen molar-refractivity contribution in [3.05, 3.63) is 35.4 Å². The van der Waals surface area contributed by atoms with Crippen LogP contribution >= 0.6 is 0 Å². The molecule has 0 radical (unpaired) electrons. The third-order valence-electron chi connectivity index (χ3n) is 3.22. The van der Waals surface area contributed by atoms with E-state index in [0.717, 1.165) is 6.07 Å². The van der Waals surface area contributed by atoms with E-state index in [2.05, 4.69) is 5.32 Å². The van der Waals surface area contributed by atoms with Gasteiger partial charge in [-0.1, -0.05) is 32.9 Å². The number of nitrogens with two attached hydrogens (primary N) is 1. The molecule has 5 heteroatoms. The van der Waals surface area contributed by atoms with E-state index >= 15 is 0 Å². The van der Waals surface area contributed by atoms with Crippen molar-refractivity contribution in [2.45, 2.75) is 39.7 Å². The highest BCUT2D eigenvalue weighted by molar-refractivity contribution is 5.79. The maximum atomic E-state index is 13.5. The van der Waals surface area contributed by atoms with Crippen LogP contribution in [0.3, 0.4) is 0 Å². The Morgan fingerprint density at radius 2 is 2.00 bits per heavy atom. The predicted molar refractivity (Wildman–Crippen MR) is 75.1 cm³/mol. The molecule has 1 aromatic rings. The minimum absolute atomic E-state index is 0.0582. The van der Waals surface area contributed by atoms with Gasteiger partial charge < -0.3 is 11.1 Å². The lowest BCUT2D eigenvalue weighted by molar-refractivity contribution is -0.122. The highest BCUT2D eigenvalue weighted by Gasteiger charge is 2.25. The molecule has 0 fully saturated rings. The van der Waals surface area contributed by atoms with Crippen LogP contribution in [-0.2, 0) is 11.2 Å². The highest BCUT2D eigenvalue weighted by Crippen LogP contribution is 2.21. The largest absolute Gasteiger partial charge is 0.353 e. The molecule has 20 heavy (non-hydrogen) atoms. The Bertz CT molecular complexity index is 469. The summed E-state index contributed by atoms with van der Waals surface area (Å²) in [6, 6.07) is 3.73. The smallest absolute Gasteiger partial charge is 0.224 e. The quantitative estimate of drug-likeness (QED) is 0.872. The van der Waals surface area contributed by atoms with Crippen LogP contribution in [0.15, 0.2) is 18.2 Å². The molecule has 0 aromatic heterocycles. The first-order chi connectivity index (χ1) is 9.25. The first-order valence-electron chi connectivity index (χ1n) is 6.68. The SMILES string of the molecule is CC(C)(C)C(CCN)NC(=O)Cc1cccc(F)c1F. The van der Waals surface area contributed by atoms with E-state index in [0.29, 0.717) is 13.0 Å². The van der Waals surface area contributed by atoms with Crippen molar-refractivity contribution >= 4 is 5.91 Å². The number of nitrogens with one attached hydrogen (secondary N) is 1. The van der Waals surface area contributed by atoms with Crippen molar-refractivity contribution < 1.29 is 13.6 Å². The fourth-order valence-electron chi connectivity index (χ4n) is 1.99. The molecular formula is C15H22F2N2O. The standard InChI is InChI=1S/C15H22F2N2O/c1-15(2,3)12(7-8-18)19-13(20)9-10-5-4-6-11(16)14(10)17/h4-6,12H,7-9,18H2,1-3H3,(H,19,20). The van der Waals surface area contributed by atoms with E-state index in [4.69, 9.17) is 5.73 Å². The number of amides is 1. The van der Waals surface area contributed by atoms with Gasteiger partial charge in [0.05, 0.1) is 6.42 Å². The Labute approximate surface area is 118 Å². The molecule has 0 aliphatic heterocycles. The van der Waals surface area contributed by atoms with Gasteiger partial charge in [0.15, 0.2) is 11.6 Å². The van der Waals surface area contributed by atoms with E-state index in [1.165, 1.54) is 12.1 Å². The molecule has 0 saturated carbocycles. The second kappa shape index (κ2) is 6.79. The summed E-state index contributed by atoms with van der Waals surface area (Å²) in [5, 5.41) is 2.84. The third-order valence-corrected chi connectivity index (χ3v) is 3.22. The summed E-state index contributed by atoms with van der Waals surface area (Å²) in [4.78, 5) is 12.0. The van der Waals surface area contributed by atoms with E-state index < -0.39 is 11.6 Å². The van der Waals surface area contributed by atoms with Crippen molar-refractivity contribution in [3.8, 4) is 0 Å². The summed E-state index contributed by atoms with van der Waals surface area (Å²) in [7, 11) is 0. The van der Waals surface area contributed by atoms with Crippen molar-refractivity contribution in [2.24, 2.45) is 11.1 Å². The van der Waals surface area contributed by atoms with Gasteiger partial charge in [0.25, 0.3) is 0 Å². The summed E-state index contributed by atoms with van der Waals surface area (Å²) < 4.78 is 26.6. The predicted octanol–water partition coefficient (Wildman–Crippen LogP) is 2.39. The zero-order chi connectivity index (χ0) is 15.3. The van der Waals surface area contributed by atoms with Gasteiger partial charge in [0, 0.05) is 11.6 Å². The number of benzene rings is 1. The molecule has 0 saturated heterocycles. The summed E-state index contributed by atoms with van der Waals surface area (Å²) in [6.45, 7) is 6.44. The van der Waals surface area contributed by atoms with Gasteiger partial charge in [-0.15, -0.1) is 0 Å². The highest BCUT2D eigenvalue weighted by atomic mass is 19.2. The zero-order valence-electron chi connectivity index (χ0n) is 12.2. The van der Waals surface area contributed by atoms with Gasteiger partial charge in [-0.25, -0.2) is 8.78 Å². The van der Waals surface area contributed by atoms with E-state index in [9.17, 15) is 13.6 Å². The van der Waals surface area contributed by atoms with Crippen molar-refractivity contribution in [1.29, 1.82) is 0 Å². The molecule has 1 atom stereocenters. The Hall–Kier alpha value is -1.49. The second-order valence-electron chi connectivity index (χ2n) is 5.95. The van der Waals surface area contributed by atoms with Crippen LogP contribution in [0.1, 0.15) is 32.8 Å². The molecule has 1 unspecified atom stereocenters. The molecule has 0 bridgehead atoms. The van der Waals surface area contributed by atoms with Gasteiger partial charge in [0.1, 0.15) is 0 Å². The topological polar surface area (TPSA) is 55.1 Å². The van der Waals surface area contributed by atoms with Crippen LogP contribution in [-0.4, -0.2) is 18.5 Å².